The van der Waals surface area contributed by atoms with E-state index in [0.29, 0.717) is 25.3 Å². The first-order valence-corrected chi connectivity index (χ1v) is 12.8. The molecule has 1 aromatic carbocycles. The van der Waals surface area contributed by atoms with Gasteiger partial charge in [-0.15, -0.1) is 12.8 Å². The number of hydrazine groups is 1. The number of thioether (sulfide) groups is 1. The highest BCUT2D eigenvalue weighted by Gasteiger charge is 2.50. The second-order valence-corrected chi connectivity index (χ2v) is 9.12. The highest BCUT2D eigenvalue weighted by Crippen LogP contribution is 2.28. The third-order valence-electron chi connectivity index (χ3n) is 5.88. The zero-order valence-electron chi connectivity index (χ0n) is 19.9. The normalized spacial score (nSPS) is 20.3. The highest BCUT2D eigenvalue weighted by molar-refractivity contribution is 7.98. The van der Waals surface area contributed by atoms with Crippen LogP contribution >= 0.6 is 11.8 Å². The molecule has 0 bridgehead atoms. The Morgan fingerprint density at radius 3 is 2.69 bits per heavy atom. The van der Waals surface area contributed by atoms with E-state index in [1.165, 1.54) is 5.01 Å². The van der Waals surface area contributed by atoms with Crippen molar-refractivity contribution < 1.29 is 19.1 Å². The number of benzene rings is 1. The largest absolute Gasteiger partial charge is 0.367 e. The van der Waals surface area contributed by atoms with E-state index >= 15 is 0 Å². The summed E-state index contributed by atoms with van der Waals surface area (Å²) in [6.45, 7) is 1.20. The van der Waals surface area contributed by atoms with Crippen LogP contribution in [0, 0.1) is 24.7 Å². The summed E-state index contributed by atoms with van der Waals surface area (Å²) in [7, 11) is 0. The summed E-state index contributed by atoms with van der Waals surface area (Å²) in [5.41, 5.74) is 0.943. The molecular formula is C25H31N5O4S. The molecule has 9 nitrogen and oxygen atoms in total. The Morgan fingerprint density at radius 2 is 2.00 bits per heavy atom. The smallest absolute Gasteiger partial charge is 0.334 e. The minimum Gasteiger partial charge on any atom is -0.367 e. The number of urea groups is 1. The molecule has 0 saturated carbocycles. The molecule has 2 heterocycles. The van der Waals surface area contributed by atoms with Gasteiger partial charge in [0, 0.05) is 13.1 Å². The van der Waals surface area contributed by atoms with E-state index in [1.807, 2.05) is 36.6 Å². The zero-order valence-corrected chi connectivity index (χ0v) is 20.7. The summed E-state index contributed by atoms with van der Waals surface area (Å²) in [5.74, 6) is 5.27. The van der Waals surface area contributed by atoms with Crippen LogP contribution in [0.4, 0.5) is 4.79 Å². The van der Waals surface area contributed by atoms with Crippen molar-refractivity contribution in [3.63, 3.8) is 0 Å². The average molecular weight is 498 g/mol. The van der Waals surface area contributed by atoms with Crippen LogP contribution in [0.1, 0.15) is 12.0 Å². The number of nitrogens with one attached hydrogen (secondary N) is 1. The van der Waals surface area contributed by atoms with E-state index in [0.717, 1.165) is 5.56 Å². The number of hydrogen-bond acceptors (Lipinski definition) is 6. The fraction of sp³-hybridized carbons (Fsp3) is 0.480. The molecular weight excluding hydrogens is 466 g/mol. The lowest BCUT2D eigenvalue weighted by molar-refractivity contribution is -0.189. The van der Waals surface area contributed by atoms with Crippen LogP contribution in [0.15, 0.2) is 30.3 Å². The summed E-state index contributed by atoms with van der Waals surface area (Å²) in [6.07, 6.45) is 12.6. The first-order chi connectivity index (χ1) is 17.0. The minimum absolute atomic E-state index is 0.0756. The van der Waals surface area contributed by atoms with Crippen molar-refractivity contribution in [1.29, 1.82) is 0 Å². The lowest BCUT2D eigenvalue weighted by Gasteiger charge is -2.54. The van der Waals surface area contributed by atoms with E-state index in [4.69, 9.17) is 17.6 Å². The molecule has 0 aromatic heterocycles. The number of amides is 4. The molecule has 186 valence electrons. The molecule has 1 aromatic rings. The molecule has 10 heteroatoms. The van der Waals surface area contributed by atoms with Gasteiger partial charge >= 0.3 is 6.03 Å². The van der Waals surface area contributed by atoms with Crippen LogP contribution in [0.25, 0.3) is 0 Å². The molecule has 2 saturated heterocycles. The molecule has 35 heavy (non-hydrogen) atoms. The summed E-state index contributed by atoms with van der Waals surface area (Å²) >= 11 is 1.60. The Kier molecular flexibility index (Phi) is 9.86. The maximum Gasteiger partial charge on any atom is 0.334 e. The fourth-order valence-electron chi connectivity index (χ4n) is 4.31. The van der Waals surface area contributed by atoms with Gasteiger partial charge in [0.15, 0.2) is 0 Å². The van der Waals surface area contributed by atoms with Gasteiger partial charge in [-0.2, -0.15) is 16.8 Å². The highest BCUT2D eigenvalue weighted by atomic mass is 32.2. The number of hydrogen-bond donors (Lipinski definition) is 1. The standard InChI is InChI=1S/C25H31N5O4S/c1-4-12-28-19-23(31)29-21(11-16-35-3)24(32)27(13-15-34-14-5-2)18-22(29)30(28)25(33)26-17-20-9-7-6-8-10-20/h1-2,6-10,21-22H,11-19H2,3H3,(H,26,33)/t21-,22-/m0/s1. The molecule has 2 fully saturated rings. The third kappa shape index (κ3) is 6.49. The topological polar surface area (TPSA) is 85.4 Å². The maximum atomic E-state index is 13.4. The van der Waals surface area contributed by atoms with Crippen LogP contribution < -0.4 is 5.32 Å². The number of piperazine rings is 1. The Hall–Kier alpha value is -3.18. The number of carbonyl (C=O) groups is 3. The van der Waals surface area contributed by atoms with Crippen LogP contribution in [0.3, 0.4) is 0 Å². The van der Waals surface area contributed by atoms with Crippen molar-refractivity contribution in [1.82, 2.24) is 25.1 Å². The van der Waals surface area contributed by atoms with Gasteiger partial charge in [0.2, 0.25) is 11.8 Å². The predicted molar refractivity (Wildman–Crippen MR) is 135 cm³/mol. The second-order valence-electron chi connectivity index (χ2n) is 8.14. The number of carbonyl (C=O) groups excluding carboxylic acids is 3. The summed E-state index contributed by atoms with van der Waals surface area (Å²) in [4.78, 5) is 43.2. The molecule has 0 unspecified atom stereocenters. The van der Waals surface area contributed by atoms with E-state index in [9.17, 15) is 14.4 Å². The zero-order chi connectivity index (χ0) is 25.2. The van der Waals surface area contributed by atoms with Crippen molar-refractivity contribution in [2.24, 2.45) is 0 Å². The molecule has 1 N–H and O–H groups in total. The van der Waals surface area contributed by atoms with Crippen LogP contribution in [0.5, 0.6) is 0 Å². The second kappa shape index (κ2) is 13.1. The van der Waals surface area contributed by atoms with Gasteiger partial charge in [-0.25, -0.2) is 9.80 Å². The Bertz CT molecular complexity index is 976. The van der Waals surface area contributed by atoms with Gasteiger partial charge in [-0.1, -0.05) is 42.2 Å². The quantitative estimate of drug-likeness (QED) is 0.381. The summed E-state index contributed by atoms with van der Waals surface area (Å²) in [6, 6.07) is 8.49. The summed E-state index contributed by atoms with van der Waals surface area (Å²) in [5, 5.41) is 6.00. The summed E-state index contributed by atoms with van der Waals surface area (Å²) < 4.78 is 5.38. The maximum absolute atomic E-state index is 13.4. The third-order valence-corrected chi connectivity index (χ3v) is 6.53. The Labute approximate surface area is 211 Å². The Balaban J connectivity index is 1.87. The van der Waals surface area contributed by atoms with Crippen LogP contribution in [-0.2, 0) is 20.9 Å². The van der Waals surface area contributed by atoms with Gasteiger partial charge in [-0.3, -0.25) is 9.59 Å². The lowest BCUT2D eigenvalue weighted by Crippen LogP contribution is -2.76. The molecule has 0 spiro atoms. The molecule has 0 aliphatic carbocycles. The SMILES string of the molecule is C#CCOCCN1C[C@H]2N(C(=O)CN(CC#C)N2C(=O)NCc2ccccc2)[C@@H](CCSC)C1=O. The van der Waals surface area contributed by atoms with E-state index in [1.54, 1.807) is 26.6 Å². The monoisotopic (exact) mass is 497 g/mol. The van der Waals surface area contributed by atoms with Gasteiger partial charge in [0.1, 0.15) is 18.8 Å². The first-order valence-electron chi connectivity index (χ1n) is 11.4. The van der Waals surface area contributed by atoms with Gasteiger partial charge in [-0.05, 0) is 24.0 Å². The fourth-order valence-corrected chi connectivity index (χ4v) is 4.76. The minimum atomic E-state index is -0.683. The van der Waals surface area contributed by atoms with Gasteiger partial charge in [0.25, 0.3) is 0 Å². The van der Waals surface area contributed by atoms with Crippen molar-refractivity contribution in [2.75, 3.05) is 51.4 Å². The van der Waals surface area contributed by atoms with Crippen molar-refractivity contribution in [3.05, 3.63) is 35.9 Å². The molecule has 3 rings (SSSR count). The van der Waals surface area contributed by atoms with E-state index < -0.39 is 12.2 Å². The van der Waals surface area contributed by atoms with Crippen LogP contribution in [-0.4, -0.2) is 101 Å². The molecule has 2 atom stereocenters. The molecule has 2 aliphatic rings. The van der Waals surface area contributed by atoms with Gasteiger partial charge < -0.3 is 19.9 Å². The number of rotatable bonds is 10. The molecule has 2 aliphatic heterocycles. The van der Waals surface area contributed by atoms with E-state index in [-0.39, 0.29) is 50.7 Å². The Morgan fingerprint density at radius 1 is 1.23 bits per heavy atom. The number of terminal acetylenes is 2. The molecule has 4 amide bonds. The first kappa shape index (κ1) is 26.4. The average Bonchev–Trinajstić information content (AvgIpc) is 2.86. The van der Waals surface area contributed by atoms with Crippen LogP contribution in [0.2, 0.25) is 0 Å². The van der Waals surface area contributed by atoms with Gasteiger partial charge in [0.05, 0.1) is 26.2 Å². The number of ether oxygens (including phenoxy) is 1. The van der Waals surface area contributed by atoms with Crippen molar-refractivity contribution in [2.45, 2.75) is 25.2 Å². The lowest BCUT2D eigenvalue weighted by atomic mass is 10.0. The van der Waals surface area contributed by atoms with Crippen molar-refractivity contribution >= 4 is 29.6 Å². The predicted octanol–water partition coefficient (Wildman–Crippen LogP) is 0.830. The number of nitrogens with zero attached hydrogens (tertiary/aromatic N) is 4. The number of fused-ring (bicyclic) bond motifs is 1. The van der Waals surface area contributed by atoms with E-state index in [2.05, 4.69) is 17.2 Å². The molecule has 0 radical (unpaired) electrons. The van der Waals surface area contributed by atoms with Crippen molar-refractivity contribution in [3.8, 4) is 24.7 Å².